The molecule has 2 nitrogen and oxygen atoms in total. The van der Waals surface area contributed by atoms with Crippen molar-refractivity contribution in [1.82, 2.24) is 0 Å². The number of hydrogen-bond acceptors (Lipinski definition) is 2. The molecule has 0 saturated carbocycles. The molecule has 0 amide bonds. The second kappa shape index (κ2) is 5.72. The summed E-state index contributed by atoms with van der Waals surface area (Å²) in [4.78, 5) is 0. The molecule has 94 valence electrons. The maximum Gasteiger partial charge on any atom is 0.421 e. The Morgan fingerprint density at radius 1 is 1.35 bits per heavy atom. The molecule has 1 unspecified atom stereocenters. The lowest BCUT2D eigenvalue weighted by Gasteiger charge is -2.10. The van der Waals surface area contributed by atoms with Gasteiger partial charge in [0.05, 0.1) is 16.8 Å². The monoisotopic (exact) mass is 358 g/mol. The Kier molecular flexibility index (Phi) is 4.81. The highest BCUT2D eigenvalue weighted by atomic mass is 127. The van der Waals surface area contributed by atoms with Crippen LogP contribution in [0.3, 0.4) is 0 Å². The third-order valence-corrected chi connectivity index (χ3v) is 3.00. The predicted octanol–water partition coefficient (Wildman–Crippen LogP) is 3.61. The van der Waals surface area contributed by atoms with Crippen molar-refractivity contribution in [2.75, 3.05) is 7.11 Å². The largest absolute Gasteiger partial charge is 0.497 e. The van der Waals surface area contributed by atoms with E-state index in [9.17, 15) is 18.3 Å². The summed E-state index contributed by atoms with van der Waals surface area (Å²) in [6, 6.07) is 6.18. The lowest BCUT2D eigenvalue weighted by molar-refractivity contribution is -0.0825. The standard InChI is InChI=1S/C11H10F3IO2/c1-17-8-4-2-7(3-5-8)9(16)6-10(15)11(12,13)14/h2-6,9,16H,1H3/b10-6-. The van der Waals surface area contributed by atoms with Gasteiger partial charge in [-0.1, -0.05) is 12.1 Å². The minimum Gasteiger partial charge on any atom is -0.497 e. The van der Waals surface area contributed by atoms with E-state index in [2.05, 4.69) is 0 Å². The molecule has 0 spiro atoms. The molecule has 1 N–H and O–H groups in total. The van der Waals surface area contributed by atoms with Crippen LogP contribution in [0.2, 0.25) is 0 Å². The molecule has 1 rings (SSSR count). The van der Waals surface area contributed by atoms with Crippen molar-refractivity contribution in [2.45, 2.75) is 12.3 Å². The van der Waals surface area contributed by atoms with Crippen LogP contribution in [0.15, 0.2) is 33.9 Å². The molecule has 1 aromatic carbocycles. The minimum atomic E-state index is -4.42. The van der Waals surface area contributed by atoms with Gasteiger partial charge in [0, 0.05) is 0 Å². The summed E-state index contributed by atoms with van der Waals surface area (Å²) in [5, 5.41) is 9.60. The van der Waals surface area contributed by atoms with Crippen LogP contribution in [-0.4, -0.2) is 18.4 Å². The normalized spacial score (nSPS) is 14.6. The first-order valence-electron chi connectivity index (χ1n) is 4.61. The molecule has 0 radical (unpaired) electrons. The van der Waals surface area contributed by atoms with Gasteiger partial charge in [0.25, 0.3) is 0 Å². The molecular formula is C11H10F3IO2. The van der Waals surface area contributed by atoms with Gasteiger partial charge in [-0.15, -0.1) is 0 Å². The van der Waals surface area contributed by atoms with Crippen molar-refractivity contribution in [3.8, 4) is 5.75 Å². The number of halogens is 4. The number of aliphatic hydroxyl groups excluding tert-OH is 1. The number of methoxy groups -OCH3 is 1. The number of allylic oxidation sites excluding steroid dienone is 1. The summed E-state index contributed by atoms with van der Waals surface area (Å²) in [5.41, 5.74) is 0.379. The SMILES string of the molecule is COc1ccc(C(O)/C=C(\I)C(F)(F)F)cc1. The van der Waals surface area contributed by atoms with Gasteiger partial charge in [0.2, 0.25) is 0 Å². The summed E-state index contributed by atoms with van der Waals surface area (Å²) in [6.45, 7) is 0. The van der Waals surface area contributed by atoms with Crippen molar-refractivity contribution < 1.29 is 23.0 Å². The average Bonchev–Trinajstić information content (AvgIpc) is 2.27. The molecule has 6 heteroatoms. The molecule has 0 heterocycles. The first-order valence-corrected chi connectivity index (χ1v) is 5.69. The number of ether oxygens (including phenoxy) is 1. The summed E-state index contributed by atoms with van der Waals surface area (Å²) in [7, 11) is 1.48. The molecule has 0 saturated heterocycles. The van der Waals surface area contributed by atoms with E-state index in [4.69, 9.17) is 4.74 Å². The van der Waals surface area contributed by atoms with Crippen LogP contribution in [0.5, 0.6) is 5.75 Å². The van der Waals surface area contributed by atoms with E-state index >= 15 is 0 Å². The molecule has 0 aliphatic rings. The van der Waals surface area contributed by atoms with Crippen molar-refractivity contribution in [3.05, 3.63) is 39.5 Å². The number of aliphatic hydroxyl groups is 1. The summed E-state index contributed by atoms with van der Waals surface area (Å²) in [5.74, 6) is 0.579. The first kappa shape index (κ1) is 14.3. The fourth-order valence-corrected chi connectivity index (χ4v) is 1.47. The maximum atomic E-state index is 12.2. The third kappa shape index (κ3) is 4.19. The number of alkyl halides is 3. The zero-order valence-corrected chi connectivity index (χ0v) is 11.0. The average molecular weight is 358 g/mol. The van der Waals surface area contributed by atoms with E-state index < -0.39 is 15.9 Å². The zero-order chi connectivity index (χ0) is 13.1. The number of hydrogen-bond donors (Lipinski definition) is 1. The molecule has 1 aromatic rings. The maximum absolute atomic E-state index is 12.2. The lowest BCUT2D eigenvalue weighted by Crippen LogP contribution is -2.08. The Morgan fingerprint density at radius 2 is 1.88 bits per heavy atom. The second-order valence-electron chi connectivity index (χ2n) is 3.23. The smallest absolute Gasteiger partial charge is 0.421 e. The van der Waals surface area contributed by atoms with E-state index in [-0.39, 0.29) is 0 Å². The van der Waals surface area contributed by atoms with Gasteiger partial charge in [0.15, 0.2) is 0 Å². The molecule has 0 bridgehead atoms. The summed E-state index contributed by atoms with van der Waals surface area (Å²) in [6.07, 6.45) is -4.94. The molecular weight excluding hydrogens is 348 g/mol. The van der Waals surface area contributed by atoms with Crippen LogP contribution >= 0.6 is 22.6 Å². The summed E-state index contributed by atoms with van der Waals surface area (Å²) >= 11 is 1.16. The van der Waals surface area contributed by atoms with Crippen LogP contribution < -0.4 is 4.74 Å². The quantitative estimate of drug-likeness (QED) is 0.837. The van der Waals surface area contributed by atoms with E-state index in [0.29, 0.717) is 11.3 Å². The minimum absolute atomic E-state index is 0.379. The highest BCUT2D eigenvalue weighted by molar-refractivity contribution is 14.1. The van der Waals surface area contributed by atoms with E-state index in [1.54, 1.807) is 12.1 Å². The molecule has 0 aliphatic heterocycles. The van der Waals surface area contributed by atoms with Gasteiger partial charge in [-0.05, 0) is 46.4 Å². The van der Waals surface area contributed by atoms with Gasteiger partial charge in [0.1, 0.15) is 5.75 Å². The third-order valence-electron chi connectivity index (χ3n) is 2.03. The molecule has 1 atom stereocenters. The van der Waals surface area contributed by atoms with Crippen molar-refractivity contribution in [3.63, 3.8) is 0 Å². The fraction of sp³-hybridized carbons (Fsp3) is 0.273. The highest BCUT2D eigenvalue weighted by Gasteiger charge is 2.32. The summed E-state index contributed by atoms with van der Waals surface area (Å²) < 4.78 is 40.8. The van der Waals surface area contributed by atoms with Gasteiger partial charge in [-0.3, -0.25) is 0 Å². The fourth-order valence-electron chi connectivity index (χ4n) is 1.13. The molecule has 17 heavy (non-hydrogen) atoms. The van der Waals surface area contributed by atoms with Crippen molar-refractivity contribution in [1.29, 1.82) is 0 Å². The Hall–Kier alpha value is -0.760. The van der Waals surface area contributed by atoms with Crippen molar-refractivity contribution >= 4 is 22.6 Å². The van der Waals surface area contributed by atoms with Gasteiger partial charge >= 0.3 is 6.18 Å². The van der Waals surface area contributed by atoms with Crippen LogP contribution in [0.4, 0.5) is 13.2 Å². The van der Waals surface area contributed by atoms with Crippen LogP contribution in [0.1, 0.15) is 11.7 Å². The number of rotatable bonds is 3. The Balaban J connectivity index is 2.86. The molecule has 0 fully saturated rings. The zero-order valence-electron chi connectivity index (χ0n) is 8.83. The van der Waals surface area contributed by atoms with Gasteiger partial charge in [-0.25, -0.2) is 0 Å². The van der Waals surface area contributed by atoms with E-state index in [1.165, 1.54) is 19.2 Å². The van der Waals surface area contributed by atoms with Gasteiger partial charge < -0.3 is 9.84 Å². The number of benzene rings is 1. The first-order chi connectivity index (χ1) is 7.84. The highest BCUT2D eigenvalue weighted by Crippen LogP contribution is 2.33. The van der Waals surface area contributed by atoms with Crippen LogP contribution in [-0.2, 0) is 0 Å². The molecule has 0 aliphatic carbocycles. The topological polar surface area (TPSA) is 29.5 Å². The Morgan fingerprint density at radius 3 is 2.29 bits per heavy atom. The van der Waals surface area contributed by atoms with Crippen LogP contribution in [0, 0.1) is 0 Å². The Bertz CT molecular complexity index is 398. The second-order valence-corrected chi connectivity index (χ2v) is 4.39. The molecule has 0 aromatic heterocycles. The van der Waals surface area contributed by atoms with Crippen LogP contribution in [0.25, 0.3) is 0 Å². The predicted molar refractivity (Wildman–Crippen MR) is 66.1 cm³/mol. The van der Waals surface area contributed by atoms with E-state index in [0.717, 1.165) is 28.7 Å². The van der Waals surface area contributed by atoms with E-state index in [1.807, 2.05) is 0 Å². The lowest BCUT2D eigenvalue weighted by atomic mass is 10.1. The van der Waals surface area contributed by atoms with Crippen molar-refractivity contribution in [2.24, 2.45) is 0 Å². The Labute approximate surface area is 110 Å². The van der Waals surface area contributed by atoms with Gasteiger partial charge in [-0.2, -0.15) is 13.2 Å².